The molecule has 1 amide bonds. The number of ether oxygens (including phenoxy) is 1. The van der Waals surface area contributed by atoms with Gasteiger partial charge in [0.25, 0.3) is 0 Å². The van der Waals surface area contributed by atoms with Gasteiger partial charge in [-0.15, -0.1) is 0 Å². The monoisotopic (exact) mass is 301 g/mol. The van der Waals surface area contributed by atoms with Crippen molar-refractivity contribution in [1.82, 2.24) is 4.90 Å². The number of carbonyl (C=O) groups excluding carboxylic acids is 1. The van der Waals surface area contributed by atoms with Crippen LogP contribution >= 0.6 is 0 Å². The smallest absolute Gasteiger partial charge is 0.227 e. The second-order valence-corrected chi connectivity index (χ2v) is 5.13. The van der Waals surface area contributed by atoms with Gasteiger partial charge in [0, 0.05) is 18.7 Å². The van der Waals surface area contributed by atoms with Crippen LogP contribution in [0.15, 0.2) is 34.8 Å². The summed E-state index contributed by atoms with van der Waals surface area (Å²) in [6.07, 6.45) is 0.304. The van der Waals surface area contributed by atoms with Crippen LogP contribution in [0.5, 0.6) is 5.75 Å². The number of methoxy groups -OCH3 is 1. The van der Waals surface area contributed by atoms with Crippen LogP contribution in [0.1, 0.15) is 25.8 Å². The minimum atomic E-state index is 0.0889. The molecule has 0 bridgehead atoms. The molecule has 0 saturated heterocycles. The first-order valence-corrected chi connectivity index (χ1v) is 7.55. The van der Waals surface area contributed by atoms with Crippen LogP contribution in [0, 0.1) is 0 Å². The van der Waals surface area contributed by atoms with Gasteiger partial charge in [0.2, 0.25) is 5.91 Å². The molecule has 0 aromatic heterocycles. The number of carbonyl (C=O) groups is 1. The molecule has 0 fully saturated rings. The molecule has 1 aliphatic heterocycles. The summed E-state index contributed by atoms with van der Waals surface area (Å²) in [5.74, 6) is 1.37. The molecule has 0 saturated carbocycles. The summed E-state index contributed by atoms with van der Waals surface area (Å²) in [6, 6.07) is 7.76. The fraction of sp³-hybridized carbons (Fsp3) is 0.412. The first-order valence-electron chi connectivity index (χ1n) is 7.55. The predicted octanol–water partition coefficient (Wildman–Crippen LogP) is 2.08. The minimum Gasteiger partial charge on any atom is -0.497 e. The maximum atomic E-state index is 12.3. The summed E-state index contributed by atoms with van der Waals surface area (Å²) >= 11 is 0. The fourth-order valence-corrected chi connectivity index (χ4v) is 2.60. The lowest BCUT2D eigenvalue weighted by Crippen LogP contribution is -2.32. The number of amidine groups is 1. The average Bonchev–Trinajstić information content (AvgIpc) is 2.90. The van der Waals surface area contributed by atoms with Gasteiger partial charge in [0.15, 0.2) is 0 Å². The van der Waals surface area contributed by atoms with Gasteiger partial charge in [-0.1, -0.05) is 12.1 Å². The number of amides is 1. The van der Waals surface area contributed by atoms with Gasteiger partial charge in [-0.05, 0) is 37.1 Å². The van der Waals surface area contributed by atoms with Crippen molar-refractivity contribution < 1.29 is 9.53 Å². The number of rotatable bonds is 6. The van der Waals surface area contributed by atoms with Gasteiger partial charge in [-0.25, -0.2) is 0 Å². The Kier molecular flexibility index (Phi) is 5.20. The number of benzene rings is 1. The van der Waals surface area contributed by atoms with E-state index >= 15 is 0 Å². The number of hydrogen-bond donors (Lipinski definition) is 1. The van der Waals surface area contributed by atoms with Gasteiger partial charge in [0.1, 0.15) is 11.6 Å². The molecule has 1 heterocycles. The first-order chi connectivity index (χ1) is 10.6. The van der Waals surface area contributed by atoms with E-state index in [0.717, 1.165) is 22.5 Å². The third-order valence-corrected chi connectivity index (χ3v) is 3.96. The van der Waals surface area contributed by atoms with Crippen LogP contribution in [0.3, 0.4) is 0 Å². The Labute approximate surface area is 131 Å². The molecule has 5 nitrogen and oxygen atoms in total. The summed E-state index contributed by atoms with van der Waals surface area (Å²) in [6.45, 7) is 5.90. The van der Waals surface area contributed by atoms with Gasteiger partial charge >= 0.3 is 0 Å². The van der Waals surface area contributed by atoms with Crippen molar-refractivity contribution in [2.45, 2.75) is 20.3 Å². The molecule has 5 heteroatoms. The summed E-state index contributed by atoms with van der Waals surface area (Å²) in [5, 5.41) is 0. The van der Waals surface area contributed by atoms with Crippen molar-refractivity contribution in [1.29, 1.82) is 0 Å². The van der Waals surface area contributed by atoms with E-state index in [-0.39, 0.29) is 5.91 Å². The van der Waals surface area contributed by atoms with Crippen molar-refractivity contribution in [2.24, 2.45) is 10.7 Å². The normalized spacial score (nSPS) is 14.0. The van der Waals surface area contributed by atoms with E-state index in [9.17, 15) is 4.79 Å². The maximum Gasteiger partial charge on any atom is 0.227 e. The first kappa shape index (κ1) is 16.1. The second-order valence-electron chi connectivity index (χ2n) is 5.13. The van der Waals surface area contributed by atoms with Gasteiger partial charge in [0.05, 0.1) is 20.1 Å². The number of nitrogens with two attached hydrogens (primary N) is 1. The molecule has 0 spiro atoms. The molecule has 2 N–H and O–H groups in total. The van der Waals surface area contributed by atoms with Crippen molar-refractivity contribution in [2.75, 3.05) is 26.7 Å². The van der Waals surface area contributed by atoms with Crippen LogP contribution in [-0.2, 0) is 4.79 Å². The summed E-state index contributed by atoms with van der Waals surface area (Å²) in [5.41, 5.74) is 8.90. The summed E-state index contributed by atoms with van der Waals surface area (Å²) in [4.78, 5) is 18.5. The molecule has 1 aromatic carbocycles. The molecule has 0 unspecified atom stereocenters. The molecular formula is C17H23N3O2. The van der Waals surface area contributed by atoms with E-state index in [0.29, 0.717) is 31.9 Å². The van der Waals surface area contributed by atoms with Crippen LogP contribution in [0.2, 0.25) is 0 Å². The quantitative estimate of drug-likeness (QED) is 0.874. The third-order valence-electron chi connectivity index (χ3n) is 3.96. The lowest BCUT2D eigenvalue weighted by Gasteiger charge is -2.19. The zero-order valence-corrected chi connectivity index (χ0v) is 13.4. The van der Waals surface area contributed by atoms with E-state index in [4.69, 9.17) is 10.5 Å². The van der Waals surface area contributed by atoms with Crippen LogP contribution in [0.25, 0.3) is 5.57 Å². The maximum absolute atomic E-state index is 12.3. The molecule has 1 aliphatic rings. The van der Waals surface area contributed by atoms with Crippen molar-refractivity contribution in [3.05, 3.63) is 35.4 Å². The van der Waals surface area contributed by atoms with E-state index < -0.39 is 0 Å². The highest BCUT2D eigenvalue weighted by molar-refractivity contribution is 6.10. The molecule has 0 aliphatic carbocycles. The Hall–Kier alpha value is -2.30. The van der Waals surface area contributed by atoms with Gasteiger partial charge in [-0.2, -0.15) is 0 Å². The highest BCUT2D eigenvalue weighted by Crippen LogP contribution is 2.28. The SMILES string of the molecule is CCN(CC)C(=O)CC1=C(c2ccc(OC)cc2)CN=C1N. The molecule has 1 aromatic rings. The van der Waals surface area contributed by atoms with Crippen molar-refractivity contribution in [3.8, 4) is 5.75 Å². The lowest BCUT2D eigenvalue weighted by atomic mass is 9.98. The Morgan fingerprint density at radius 2 is 1.91 bits per heavy atom. The topological polar surface area (TPSA) is 67.9 Å². The Morgan fingerprint density at radius 1 is 1.27 bits per heavy atom. The van der Waals surface area contributed by atoms with Gasteiger partial charge < -0.3 is 15.4 Å². The number of nitrogens with zero attached hydrogens (tertiary/aromatic N) is 2. The zero-order valence-electron chi connectivity index (χ0n) is 13.4. The minimum absolute atomic E-state index is 0.0889. The highest BCUT2D eigenvalue weighted by Gasteiger charge is 2.22. The molecule has 2 rings (SSSR count). The second kappa shape index (κ2) is 7.11. The molecule has 0 atom stereocenters. The van der Waals surface area contributed by atoms with E-state index in [2.05, 4.69) is 4.99 Å². The predicted molar refractivity (Wildman–Crippen MR) is 88.9 cm³/mol. The van der Waals surface area contributed by atoms with Crippen molar-refractivity contribution in [3.63, 3.8) is 0 Å². The van der Waals surface area contributed by atoms with Gasteiger partial charge in [-0.3, -0.25) is 9.79 Å². The standard InChI is InChI=1S/C17H23N3O2/c1-4-20(5-2)16(21)10-14-15(11-19-17(14)18)12-6-8-13(22-3)9-7-12/h6-9H,4-5,10-11H2,1-3H3,(H2,18,19). The van der Waals surface area contributed by atoms with Crippen LogP contribution in [-0.4, -0.2) is 43.4 Å². The van der Waals surface area contributed by atoms with Crippen molar-refractivity contribution >= 4 is 17.3 Å². The summed E-state index contributed by atoms with van der Waals surface area (Å²) in [7, 11) is 1.64. The Morgan fingerprint density at radius 3 is 2.45 bits per heavy atom. The molecular weight excluding hydrogens is 278 g/mol. The number of hydrogen-bond acceptors (Lipinski definition) is 4. The molecule has 0 radical (unpaired) electrons. The lowest BCUT2D eigenvalue weighted by molar-refractivity contribution is -0.129. The van der Waals surface area contributed by atoms with E-state index in [1.54, 1.807) is 7.11 Å². The van der Waals surface area contributed by atoms with Crippen LogP contribution < -0.4 is 10.5 Å². The Bertz CT molecular complexity index is 599. The third kappa shape index (κ3) is 3.30. The highest BCUT2D eigenvalue weighted by atomic mass is 16.5. The van der Waals surface area contributed by atoms with Crippen LogP contribution in [0.4, 0.5) is 0 Å². The van der Waals surface area contributed by atoms with E-state index in [1.807, 2.05) is 43.0 Å². The van der Waals surface area contributed by atoms with E-state index in [1.165, 1.54) is 0 Å². The molecule has 22 heavy (non-hydrogen) atoms. The number of aliphatic imine (C=N–C) groups is 1. The average molecular weight is 301 g/mol. The largest absolute Gasteiger partial charge is 0.497 e. The summed E-state index contributed by atoms with van der Waals surface area (Å²) < 4.78 is 5.17. The fourth-order valence-electron chi connectivity index (χ4n) is 2.60. The Balaban J connectivity index is 2.27. The zero-order chi connectivity index (χ0) is 16.1. The molecule has 118 valence electrons.